The fourth-order valence-corrected chi connectivity index (χ4v) is 2.27. The lowest BCUT2D eigenvalue weighted by Gasteiger charge is -2.02. The van der Waals surface area contributed by atoms with Gasteiger partial charge in [-0.2, -0.15) is 5.26 Å². The molecule has 2 aromatic rings. The van der Waals surface area contributed by atoms with Crippen LogP contribution in [0.3, 0.4) is 0 Å². The molecule has 80 valence electrons. The largest absolute Gasteiger partial charge is 0.440 e. The molecule has 0 amide bonds. The second-order valence-corrected chi connectivity index (χ2v) is 4.34. The summed E-state index contributed by atoms with van der Waals surface area (Å²) in [5, 5.41) is 9.90. The van der Waals surface area contributed by atoms with Crippen LogP contribution in [0.25, 0.3) is 0 Å². The molecule has 0 fully saturated rings. The summed E-state index contributed by atoms with van der Waals surface area (Å²) < 4.78 is 5.10. The summed E-state index contributed by atoms with van der Waals surface area (Å²) in [5.41, 5.74) is 1.53. The van der Waals surface area contributed by atoms with Gasteiger partial charge in [-0.15, -0.1) is 0 Å². The first-order valence-corrected chi connectivity index (χ1v) is 5.87. The number of nitriles is 1. The molecule has 0 N–H and O–H groups in total. The topological polar surface area (TPSA) is 49.8 Å². The van der Waals surface area contributed by atoms with Crippen molar-refractivity contribution in [2.75, 3.05) is 0 Å². The van der Waals surface area contributed by atoms with Crippen LogP contribution in [0.1, 0.15) is 11.1 Å². The van der Waals surface area contributed by atoms with Gasteiger partial charge in [0.15, 0.2) is 0 Å². The van der Waals surface area contributed by atoms with E-state index in [1.54, 1.807) is 18.3 Å². The second-order valence-electron chi connectivity index (χ2n) is 3.00. The SMILES string of the molecule is N#Cc1ccc(CSc2ncco2)c(Cl)c1. The summed E-state index contributed by atoms with van der Waals surface area (Å²) in [5.74, 6) is 0.672. The van der Waals surface area contributed by atoms with Crippen LogP contribution in [0.15, 0.2) is 40.3 Å². The summed E-state index contributed by atoms with van der Waals surface area (Å²) >= 11 is 7.50. The Hall–Kier alpha value is -1.44. The van der Waals surface area contributed by atoms with Gasteiger partial charge >= 0.3 is 0 Å². The fourth-order valence-electron chi connectivity index (χ4n) is 1.16. The van der Waals surface area contributed by atoms with E-state index < -0.39 is 0 Å². The molecule has 16 heavy (non-hydrogen) atoms. The maximum Gasteiger partial charge on any atom is 0.255 e. The molecule has 0 aliphatic carbocycles. The third kappa shape index (κ3) is 2.57. The van der Waals surface area contributed by atoms with E-state index in [1.165, 1.54) is 18.0 Å². The molecule has 1 aromatic carbocycles. The third-order valence-electron chi connectivity index (χ3n) is 1.94. The molecule has 0 radical (unpaired) electrons. The van der Waals surface area contributed by atoms with Crippen molar-refractivity contribution >= 4 is 23.4 Å². The lowest BCUT2D eigenvalue weighted by atomic mass is 10.2. The van der Waals surface area contributed by atoms with Crippen molar-refractivity contribution in [3.8, 4) is 6.07 Å². The first kappa shape index (κ1) is 11.1. The average molecular weight is 251 g/mol. The van der Waals surface area contributed by atoms with Crippen molar-refractivity contribution < 1.29 is 4.42 Å². The van der Waals surface area contributed by atoms with Gasteiger partial charge < -0.3 is 4.42 Å². The van der Waals surface area contributed by atoms with Gasteiger partial charge in [-0.1, -0.05) is 29.4 Å². The zero-order chi connectivity index (χ0) is 11.4. The minimum Gasteiger partial charge on any atom is -0.440 e. The number of oxazole rings is 1. The van der Waals surface area contributed by atoms with Crippen molar-refractivity contribution in [2.45, 2.75) is 11.0 Å². The monoisotopic (exact) mass is 250 g/mol. The summed E-state index contributed by atoms with van der Waals surface area (Å²) in [4.78, 5) is 4.00. The van der Waals surface area contributed by atoms with E-state index in [1.807, 2.05) is 12.1 Å². The number of thioether (sulfide) groups is 1. The van der Waals surface area contributed by atoms with Crippen LogP contribution < -0.4 is 0 Å². The van der Waals surface area contributed by atoms with Crippen LogP contribution in [-0.4, -0.2) is 4.98 Å². The molecule has 0 aliphatic rings. The van der Waals surface area contributed by atoms with E-state index in [0.29, 0.717) is 21.6 Å². The van der Waals surface area contributed by atoms with Crippen LogP contribution >= 0.6 is 23.4 Å². The smallest absolute Gasteiger partial charge is 0.255 e. The Bertz CT molecular complexity index is 519. The summed E-state index contributed by atoms with van der Waals surface area (Å²) in [6, 6.07) is 7.29. The molecule has 0 saturated carbocycles. The van der Waals surface area contributed by atoms with Crippen LogP contribution in [-0.2, 0) is 5.75 Å². The highest BCUT2D eigenvalue weighted by molar-refractivity contribution is 7.98. The Morgan fingerprint density at radius 3 is 3.00 bits per heavy atom. The van der Waals surface area contributed by atoms with Gasteiger partial charge in [-0.25, -0.2) is 4.98 Å². The lowest BCUT2D eigenvalue weighted by Crippen LogP contribution is -1.84. The highest BCUT2D eigenvalue weighted by atomic mass is 35.5. The molecule has 0 bridgehead atoms. The van der Waals surface area contributed by atoms with E-state index in [9.17, 15) is 0 Å². The first-order valence-electron chi connectivity index (χ1n) is 4.50. The lowest BCUT2D eigenvalue weighted by molar-refractivity contribution is 0.454. The van der Waals surface area contributed by atoms with Gasteiger partial charge in [-0.3, -0.25) is 0 Å². The van der Waals surface area contributed by atoms with E-state index >= 15 is 0 Å². The highest BCUT2D eigenvalue weighted by Crippen LogP contribution is 2.26. The molecule has 1 aromatic heterocycles. The van der Waals surface area contributed by atoms with Crippen molar-refractivity contribution in [1.29, 1.82) is 5.26 Å². The molecule has 3 nitrogen and oxygen atoms in total. The second kappa shape index (κ2) is 5.06. The number of halogens is 1. The van der Waals surface area contributed by atoms with Gasteiger partial charge in [0.25, 0.3) is 5.22 Å². The maximum absolute atomic E-state index is 8.69. The van der Waals surface area contributed by atoms with Crippen molar-refractivity contribution in [3.63, 3.8) is 0 Å². The van der Waals surface area contributed by atoms with Crippen molar-refractivity contribution in [3.05, 3.63) is 46.8 Å². The van der Waals surface area contributed by atoms with E-state index in [-0.39, 0.29) is 0 Å². The molecular formula is C11H7ClN2OS. The first-order chi connectivity index (χ1) is 7.79. The Morgan fingerprint density at radius 1 is 1.50 bits per heavy atom. The van der Waals surface area contributed by atoms with Crippen LogP contribution in [0, 0.1) is 11.3 Å². The van der Waals surface area contributed by atoms with Gasteiger partial charge in [0.05, 0.1) is 17.8 Å². The standard InChI is InChI=1S/C11H7ClN2OS/c12-10-5-8(6-13)1-2-9(10)7-16-11-14-3-4-15-11/h1-5H,7H2. The summed E-state index contributed by atoms with van der Waals surface area (Å²) in [7, 11) is 0. The quantitative estimate of drug-likeness (QED) is 0.783. The predicted octanol–water partition coefficient (Wildman–Crippen LogP) is 3.49. The minimum absolute atomic E-state index is 0.565. The zero-order valence-electron chi connectivity index (χ0n) is 8.18. The highest BCUT2D eigenvalue weighted by Gasteiger charge is 2.04. The number of nitrogens with zero attached hydrogens (tertiary/aromatic N) is 2. The van der Waals surface area contributed by atoms with Gasteiger partial charge in [0.2, 0.25) is 0 Å². The predicted molar refractivity (Wildman–Crippen MR) is 62.2 cm³/mol. The van der Waals surface area contributed by atoms with Gasteiger partial charge in [0.1, 0.15) is 6.26 Å². The molecule has 0 atom stereocenters. The average Bonchev–Trinajstić information content (AvgIpc) is 2.80. The van der Waals surface area contributed by atoms with Crippen molar-refractivity contribution in [2.24, 2.45) is 0 Å². The molecule has 2 rings (SSSR count). The van der Waals surface area contributed by atoms with Crippen molar-refractivity contribution in [1.82, 2.24) is 4.98 Å². The Morgan fingerprint density at radius 2 is 2.38 bits per heavy atom. The van der Waals surface area contributed by atoms with Crippen LogP contribution in [0.4, 0.5) is 0 Å². The zero-order valence-corrected chi connectivity index (χ0v) is 9.76. The molecule has 0 spiro atoms. The van der Waals surface area contributed by atoms with E-state index in [2.05, 4.69) is 4.98 Å². The van der Waals surface area contributed by atoms with E-state index in [0.717, 1.165) is 5.56 Å². The number of hydrogen-bond acceptors (Lipinski definition) is 4. The number of rotatable bonds is 3. The maximum atomic E-state index is 8.69. The van der Waals surface area contributed by atoms with Crippen LogP contribution in [0.5, 0.6) is 0 Å². The number of aromatic nitrogens is 1. The summed E-state index contributed by atoms with van der Waals surface area (Å²) in [6.07, 6.45) is 3.13. The Balaban J connectivity index is 2.08. The molecule has 0 unspecified atom stereocenters. The number of benzene rings is 1. The summed E-state index contributed by atoms with van der Waals surface area (Å²) in [6.45, 7) is 0. The van der Waals surface area contributed by atoms with Gasteiger partial charge in [0, 0.05) is 10.8 Å². The fraction of sp³-hybridized carbons (Fsp3) is 0.0909. The van der Waals surface area contributed by atoms with Crippen LogP contribution in [0.2, 0.25) is 5.02 Å². The molecule has 0 aliphatic heterocycles. The Kier molecular flexibility index (Phi) is 3.50. The number of hydrogen-bond donors (Lipinski definition) is 0. The molecule has 1 heterocycles. The molecular weight excluding hydrogens is 244 g/mol. The van der Waals surface area contributed by atoms with Gasteiger partial charge in [-0.05, 0) is 17.7 Å². The molecule has 0 saturated heterocycles. The van der Waals surface area contributed by atoms with E-state index in [4.69, 9.17) is 21.3 Å². The normalized spacial score (nSPS) is 10.0. The Labute approximate surface area is 102 Å². The third-order valence-corrected chi connectivity index (χ3v) is 3.20. The molecule has 5 heteroatoms. The minimum atomic E-state index is 0.565.